The summed E-state index contributed by atoms with van der Waals surface area (Å²) < 4.78 is 25.7. The summed E-state index contributed by atoms with van der Waals surface area (Å²) in [4.78, 5) is 0. The highest BCUT2D eigenvalue weighted by atomic mass is 19.3. The van der Waals surface area contributed by atoms with Crippen LogP contribution in [-0.2, 0) is 5.41 Å². The zero-order valence-electron chi connectivity index (χ0n) is 8.43. The fourth-order valence-electron chi connectivity index (χ4n) is 2.05. The van der Waals surface area contributed by atoms with Crippen molar-refractivity contribution in [3.05, 3.63) is 35.4 Å². The SMILES string of the molecule is Cc1ccc(C2(C#N)CC(F)(F)C2)cc1. The highest BCUT2D eigenvalue weighted by Crippen LogP contribution is 2.52. The lowest BCUT2D eigenvalue weighted by Gasteiger charge is -2.42. The first-order valence-corrected chi connectivity index (χ1v) is 4.84. The molecule has 1 aromatic carbocycles. The van der Waals surface area contributed by atoms with Gasteiger partial charge in [0.1, 0.15) is 0 Å². The van der Waals surface area contributed by atoms with E-state index in [0.29, 0.717) is 5.56 Å². The summed E-state index contributed by atoms with van der Waals surface area (Å²) in [6, 6.07) is 9.27. The Morgan fingerprint density at radius 1 is 1.20 bits per heavy atom. The summed E-state index contributed by atoms with van der Waals surface area (Å²) in [5.41, 5.74) is 0.816. The molecular formula is C12H11F2N. The van der Waals surface area contributed by atoms with Crippen LogP contribution in [0.5, 0.6) is 0 Å². The third kappa shape index (κ3) is 1.61. The lowest BCUT2D eigenvalue weighted by atomic mass is 9.63. The molecule has 0 radical (unpaired) electrons. The molecule has 1 saturated carbocycles. The van der Waals surface area contributed by atoms with Crippen molar-refractivity contribution in [1.82, 2.24) is 0 Å². The van der Waals surface area contributed by atoms with Crippen LogP contribution in [0, 0.1) is 18.3 Å². The number of hydrogen-bond acceptors (Lipinski definition) is 1. The second-order valence-electron chi connectivity index (χ2n) is 4.27. The van der Waals surface area contributed by atoms with Crippen molar-refractivity contribution < 1.29 is 8.78 Å². The summed E-state index contributed by atoms with van der Waals surface area (Å²) in [6.45, 7) is 1.93. The molecule has 0 unspecified atom stereocenters. The Bertz CT molecular complexity index is 406. The van der Waals surface area contributed by atoms with Gasteiger partial charge in [0.25, 0.3) is 5.92 Å². The van der Waals surface area contributed by atoms with Gasteiger partial charge in [-0.2, -0.15) is 5.26 Å². The third-order valence-electron chi connectivity index (χ3n) is 2.94. The van der Waals surface area contributed by atoms with Crippen LogP contribution in [0.2, 0.25) is 0 Å². The van der Waals surface area contributed by atoms with Crippen molar-refractivity contribution in [3.8, 4) is 6.07 Å². The third-order valence-corrected chi connectivity index (χ3v) is 2.94. The van der Waals surface area contributed by atoms with Crippen LogP contribution in [0.25, 0.3) is 0 Å². The largest absolute Gasteiger partial charge is 0.251 e. The normalized spacial score (nSPS) is 21.5. The molecule has 0 spiro atoms. The Labute approximate surface area is 87.3 Å². The van der Waals surface area contributed by atoms with Crippen LogP contribution in [0.1, 0.15) is 24.0 Å². The molecule has 1 aliphatic carbocycles. The molecule has 1 aromatic rings. The number of nitrogens with zero attached hydrogens (tertiary/aromatic N) is 1. The maximum atomic E-state index is 12.8. The maximum Gasteiger partial charge on any atom is 0.251 e. The van der Waals surface area contributed by atoms with Gasteiger partial charge in [-0.1, -0.05) is 29.8 Å². The number of rotatable bonds is 1. The lowest BCUT2D eigenvalue weighted by Crippen LogP contribution is -2.48. The molecular weight excluding hydrogens is 196 g/mol. The van der Waals surface area contributed by atoms with Gasteiger partial charge in [0.2, 0.25) is 0 Å². The predicted molar refractivity (Wildman–Crippen MR) is 52.7 cm³/mol. The van der Waals surface area contributed by atoms with Gasteiger partial charge in [0.05, 0.1) is 11.5 Å². The van der Waals surface area contributed by atoms with Gasteiger partial charge in [-0.25, -0.2) is 8.78 Å². The first-order valence-electron chi connectivity index (χ1n) is 4.84. The van der Waals surface area contributed by atoms with Crippen LogP contribution in [0.3, 0.4) is 0 Å². The van der Waals surface area contributed by atoms with E-state index in [0.717, 1.165) is 5.56 Å². The van der Waals surface area contributed by atoms with Gasteiger partial charge < -0.3 is 0 Å². The minimum Gasteiger partial charge on any atom is -0.207 e. The highest BCUT2D eigenvalue weighted by Gasteiger charge is 2.57. The Morgan fingerprint density at radius 3 is 2.13 bits per heavy atom. The van der Waals surface area contributed by atoms with Crippen LogP contribution >= 0.6 is 0 Å². The van der Waals surface area contributed by atoms with E-state index in [1.165, 1.54) is 0 Å². The first-order chi connectivity index (χ1) is 6.97. The van der Waals surface area contributed by atoms with Crippen molar-refractivity contribution in [2.45, 2.75) is 31.1 Å². The Balaban J connectivity index is 2.31. The number of halogens is 2. The van der Waals surface area contributed by atoms with Crippen LogP contribution in [-0.4, -0.2) is 5.92 Å². The van der Waals surface area contributed by atoms with Crippen molar-refractivity contribution >= 4 is 0 Å². The van der Waals surface area contributed by atoms with E-state index in [1.54, 1.807) is 12.1 Å². The predicted octanol–water partition coefficient (Wildman–Crippen LogP) is 3.19. The topological polar surface area (TPSA) is 23.8 Å². The molecule has 3 heteroatoms. The zero-order chi connectivity index (χ0) is 11.1. The minimum atomic E-state index is -2.67. The molecule has 2 rings (SSSR count). The molecule has 1 nitrogen and oxygen atoms in total. The summed E-state index contributed by atoms with van der Waals surface area (Å²) >= 11 is 0. The van der Waals surface area contributed by atoms with E-state index in [2.05, 4.69) is 0 Å². The molecule has 0 atom stereocenters. The quantitative estimate of drug-likeness (QED) is 0.693. The average Bonchev–Trinajstić information content (AvgIpc) is 2.14. The second-order valence-corrected chi connectivity index (χ2v) is 4.27. The number of hydrogen-bond donors (Lipinski definition) is 0. The van der Waals surface area contributed by atoms with E-state index in [9.17, 15) is 8.78 Å². The molecule has 15 heavy (non-hydrogen) atoms. The van der Waals surface area contributed by atoms with E-state index in [4.69, 9.17) is 5.26 Å². The lowest BCUT2D eigenvalue weighted by molar-refractivity contribution is -0.109. The van der Waals surface area contributed by atoms with Crippen molar-refractivity contribution in [3.63, 3.8) is 0 Å². The standard InChI is InChI=1S/C12H11F2N/c1-9-2-4-10(5-3-9)11(8-15)6-12(13,14)7-11/h2-5H,6-7H2,1H3. The fraction of sp³-hybridized carbons (Fsp3) is 0.417. The van der Waals surface area contributed by atoms with Crippen molar-refractivity contribution in [1.29, 1.82) is 5.26 Å². The van der Waals surface area contributed by atoms with E-state index >= 15 is 0 Å². The summed E-state index contributed by atoms with van der Waals surface area (Å²) in [7, 11) is 0. The van der Waals surface area contributed by atoms with Crippen molar-refractivity contribution in [2.75, 3.05) is 0 Å². The smallest absolute Gasteiger partial charge is 0.207 e. The van der Waals surface area contributed by atoms with E-state index in [1.807, 2.05) is 25.1 Å². The average molecular weight is 207 g/mol. The van der Waals surface area contributed by atoms with Crippen LogP contribution < -0.4 is 0 Å². The molecule has 1 aliphatic rings. The van der Waals surface area contributed by atoms with Gasteiger partial charge in [-0.3, -0.25) is 0 Å². The Kier molecular flexibility index (Phi) is 2.04. The molecule has 0 saturated heterocycles. The molecule has 0 amide bonds. The summed E-state index contributed by atoms with van der Waals surface area (Å²) in [5, 5.41) is 9.01. The fourth-order valence-corrected chi connectivity index (χ4v) is 2.05. The Morgan fingerprint density at radius 2 is 1.73 bits per heavy atom. The van der Waals surface area contributed by atoms with Gasteiger partial charge in [0.15, 0.2) is 0 Å². The number of benzene rings is 1. The molecule has 1 fully saturated rings. The van der Waals surface area contributed by atoms with Crippen molar-refractivity contribution in [2.24, 2.45) is 0 Å². The summed E-state index contributed by atoms with van der Waals surface area (Å²) in [6.07, 6.45) is -0.695. The van der Waals surface area contributed by atoms with E-state index in [-0.39, 0.29) is 12.8 Å². The van der Waals surface area contributed by atoms with Crippen LogP contribution in [0.4, 0.5) is 8.78 Å². The number of aryl methyl sites for hydroxylation is 1. The zero-order valence-corrected chi connectivity index (χ0v) is 8.43. The highest BCUT2D eigenvalue weighted by molar-refractivity contribution is 5.38. The molecule has 78 valence electrons. The number of alkyl halides is 2. The van der Waals surface area contributed by atoms with Gasteiger partial charge in [0, 0.05) is 12.8 Å². The molecule has 0 bridgehead atoms. The maximum absolute atomic E-state index is 12.8. The molecule has 0 aliphatic heterocycles. The van der Waals surface area contributed by atoms with Gasteiger partial charge in [-0.05, 0) is 12.5 Å². The molecule has 0 heterocycles. The second kappa shape index (κ2) is 3.03. The molecule has 0 N–H and O–H groups in total. The van der Waals surface area contributed by atoms with Gasteiger partial charge in [-0.15, -0.1) is 0 Å². The van der Waals surface area contributed by atoms with Crippen LogP contribution in [0.15, 0.2) is 24.3 Å². The van der Waals surface area contributed by atoms with E-state index < -0.39 is 11.3 Å². The first kappa shape index (κ1) is 10.1. The monoisotopic (exact) mass is 207 g/mol. The molecule has 0 aromatic heterocycles. The Hall–Kier alpha value is -1.43. The summed E-state index contributed by atoms with van der Waals surface area (Å²) in [5.74, 6) is -2.67. The number of nitriles is 1. The minimum absolute atomic E-state index is 0.348. The van der Waals surface area contributed by atoms with Gasteiger partial charge >= 0.3 is 0 Å².